The Morgan fingerprint density at radius 2 is 1.93 bits per heavy atom. The van der Waals surface area contributed by atoms with Gasteiger partial charge in [-0.3, -0.25) is 19.7 Å². The van der Waals surface area contributed by atoms with Gasteiger partial charge in [0.15, 0.2) is 5.82 Å². The molecule has 1 aromatic heterocycles. The molecule has 0 saturated carbocycles. The number of carbonyl (C=O) groups is 3. The van der Waals surface area contributed by atoms with E-state index in [1.165, 1.54) is 0 Å². The van der Waals surface area contributed by atoms with Gasteiger partial charge in [0.25, 0.3) is 0 Å². The highest BCUT2D eigenvalue weighted by Crippen LogP contribution is 2.37. The molecule has 0 saturated heterocycles. The van der Waals surface area contributed by atoms with Crippen molar-refractivity contribution >= 4 is 42.3 Å². The molecule has 0 aromatic carbocycles. The first-order valence-electron chi connectivity index (χ1n) is 14.8. The molecule has 0 aliphatic heterocycles. The number of ether oxygens (including phenoxy) is 4. The third-order valence-corrected chi connectivity index (χ3v) is 6.58. The minimum Gasteiger partial charge on any atom is -0.496 e. The van der Waals surface area contributed by atoms with Crippen LogP contribution in [-0.2, 0) is 28.5 Å². The Balaban J connectivity index is 1.97. The predicted molar refractivity (Wildman–Crippen MR) is 174 cm³/mol. The number of hydrogen-bond donors (Lipinski definition) is 3. The summed E-state index contributed by atoms with van der Waals surface area (Å²) in [5.41, 5.74) is -0.622. The Hall–Kier alpha value is -3.65. The number of aryl methyl sites for hydroxylation is 1. The smallest absolute Gasteiger partial charge is 0.412 e. The van der Waals surface area contributed by atoms with Gasteiger partial charge in [0, 0.05) is 18.7 Å². The summed E-state index contributed by atoms with van der Waals surface area (Å²) in [5, 5.41) is 14.2. The van der Waals surface area contributed by atoms with E-state index in [4.69, 9.17) is 18.9 Å². The fourth-order valence-electron chi connectivity index (χ4n) is 4.37. The molecule has 13 nitrogen and oxygen atoms in total. The summed E-state index contributed by atoms with van der Waals surface area (Å²) in [6.45, 7) is 21.3. The number of aliphatic imine (C=N–C) groups is 1. The molecule has 2 amide bonds. The Labute approximate surface area is 271 Å². The Kier molecular flexibility index (Phi) is 14.3. The average molecular weight is 649 g/mol. The van der Waals surface area contributed by atoms with E-state index in [0.29, 0.717) is 54.2 Å². The minimum atomic E-state index is -0.669. The third-order valence-electron chi connectivity index (χ3n) is 6.38. The summed E-state index contributed by atoms with van der Waals surface area (Å²) in [7, 11) is 0. The van der Waals surface area contributed by atoms with Crippen molar-refractivity contribution < 1.29 is 33.3 Å². The molecule has 0 bridgehead atoms. The lowest BCUT2D eigenvalue weighted by Crippen LogP contribution is -2.34. The Morgan fingerprint density at radius 1 is 1.22 bits per heavy atom. The molecule has 1 unspecified atom stereocenters. The van der Waals surface area contributed by atoms with E-state index in [1.54, 1.807) is 38.3 Å². The van der Waals surface area contributed by atoms with Gasteiger partial charge in [0.05, 0.1) is 30.4 Å². The highest BCUT2D eigenvalue weighted by atomic mass is 32.1. The normalized spacial score (nSPS) is 17.1. The first-order valence-corrected chi connectivity index (χ1v) is 15.3. The molecule has 1 aliphatic rings. The summed E-state index contributed by atoms with van der Waals surface area (Å²) in [6.07, 6.45) is 4.11. The van der Waals surface area contributed by atoms with Crippen LogP contribution in [0.15, 0.2) is 35.2 Å². The maximum absolute atomic E-state index is 12.7. The van der Waals surface area contributed by atoms with E-state index in [1.807, 2.05) is 26.8 Å². The SMILES string of the molecule is C=N[C@@H](CC(=O)NCCOC1=CC(NC(=O)OC(C)(C)C)=CC(C)(CCOCC(=O)OCC(C)C)C1)c1nnc(C)n1C(=C)S. The fourth-order valence-corrected chi connectivity index (χ4v) is 4.62. The molecule has 2 atom stereocenters. The highest BCUT2D eigenvalue weighted by molar-refractivity contribution is 7.90. The van der Waals surface area contributed by atoms with Gasteiger partial charge < -0.3 is 24.3 Å². The van der Waals surface area contributed by atoms with Crippen LogP contribution in [0.4, 0.5) is 4.79 Å². The van der Waals surface area contributed by atoms with Crippen molar-refractivity contribution in [3.63, 3.8) is 0 Å². The molecule has 250 valence electrons. The van der Waals surface area contributed by atoms with Crippen LogP contribution < -0.4 is 10.6 Å². The van der Waals surface area contributed by atoms with Crippen molar-refractivity contribution in [2.24, 2.45) is 16.3 Å². The number of allylic oxidation sites excluding steroid dienone is 3. The zero-order valence-electron chi connectivity index (χ0n) is 27.5. The molecule has 14 heteroatoms. The van der Waals surface area contributed by atoms with E-state index in [9.17, 15) is 14.4 Å². The molecular weight excluding hydrogens is 600 g/mol. The number of carbonyl (C=O) groups excluding carboxylic acids is 3. The molecule has 2 rings (SSSR count). The molecule has 1 heterocycles. The maximum atomic E-state index is 12.7. The van der Waals surface area contributed by atoms with Crippen molar-refractivity contribution in [2.45, 2.75) is 79.4 Å². The maximum Gasteiger partial charge on any atom is 0.412 e. The van der Waals surface area contributed by atoms with Crippen LogP contribution in [0.2, 0.25) is 0 Å². The lowest BCUT2D eigenvalue weighted by Gasteiger charge is -2.32. The first-order chi connectivity index (χ1) is 21.0. The van der Waals surface area contributed by atoms with Gasteiger partial charge in [0.1, 0.15) is 30.7 Å². The lowest BCUT2D eigenvalue weighted by molar-refractivity contribution is -0.150. The largest absolute Gasteiger partial charge is 0.496 e. The zero-order chi connectivity index (χ0) is 33.8. The average Bonchev–Trinajstić information content (AvgIpc) is 3.31. The van der Waals surface area contributed by atoms with E-state index in [2.05, 4.69) is 51.7 Å². The van der Waals surface area contributed by atoms with Gasteiger partial charge in [0.2, 0.25) is 5.91 Å². The van der Waals surface area contributed by atoms with E-state index >= 15 is 0 Å². The van der Waals surface area contributed by atoms with Crippen LogP contribution in [0.3, 0.4) is 0 Å². The molecule has 1 aliphatic carbocycles. The Morgan fingerprint density at radius 3 is 2.56 bits per heavy atom. The Bertz CT molecular complexity index is 1280. The van der Waals surface area contributed by atoms with Crippen molar-refractivity contribution in [2.75, 3.05) is 33.0 Å². The summed E-state index contributed by atoms with van der Waals surface area (Å²) in [6, 6.07) is -0.635. The summed E-state index contributed by atoms with van der Waals surface area (Å²) in [4.78, 5) is 41.1. The third kappa shape index (κ3) is 13.5. The van der Waals surface area contributed by atoms with Gasteiger partial charge >= 0.3 is 12.1 Å². The van der Waals surface area contributed by atoms with Crippen molar-refractivity contribution in [3.05, 3.63) is 41.8 Å². The minimum absolute atomic E-state index is 0.00116. The van der Waals surface area contributed by atoms with Crippen LogP contribution in [0.5, 0.6) is 0 Å². The van der Waals surface area contributed by atoms with Crippen molar-refractivity contribution in [1.29, 1.82) is 0 Å². The van der Waals surface area contributed by atoms with E-state index < -0.39 is 29.1 Å². The molecule has 0 radical (unpaired) electrons. The van der Waals surface area contributed by atoms with Crippen LogP contribution >= 0.6 is 12.6 Å². The molecule has 0 spiro atoms. The standard InChI is InChI=1S/C31H48N6O7S/c1-20(2)18-43-27(39)19-41-12-10-31(8)16-23(34-29(40)44-30(5,6)7)14-24(17-31)42-13-11-33-26(38)15-25(32-9)28-36-35-21(3)37(28)22(4)45/h14,16,20,25,45H,4,9-13,15,17-19H2,1-3,5-8H3,(H,33,38)(H,34,40)/t25-,31?/m0/s1. The monoisotopic (exact) mass is 648 g/mol. The predicted octanol–water partition coefficient (Wildman–Crippen LogP) is 4.52. The number of esters is 1. The zero-order valence-corrected chi connectivity index (χ0v) is 28.4. The van der Waals surface area contributed by atoms with Crippen LogP contribution in [0, 0.1) is 18.3 Å². The number of amides is 2. The second kappa shape index (κ2) is 17.2. The number of nitrogens with zero attached hydrogens (tertiary/aromatic N) is 4. The molecule has 2 N–H and O–H groups in total. The van der Waals surface area contributed by atoms with Crippen molar-refractivity contribution in [3.8, 4) is 0 Å². The molecule has 0 fully saturated rings. The fraction of sp³-hybridized carbons (Fsp3) is 0.613. The number of aromatic nitrogens is 3. The highest BCUT2D eigenvalue weighted by Gasteiger charge is 2.30. The van der Waals surface area contributed by atoms with E-state index in [0.717, 1.165) is 0 Å². The second-order valence-electron chi connectivity index (χ2n) is 12.5. The van der Waals surface area contributed by atoms with Crippen molar-refractivity contribution in [1.82, 2.24) is 25.4 Å². The lowest BCUT2D eigenvalue weighted by atomic mass is 9.79. The number of hydrogen-bond acceptors (Lipinski definition) is 11. The first kappa shape index (κ1) is 37.5. The summed E-state index contributed by atoms with van der Waals surface area (Å²) >= 11 is 4.28. The number of alkyl carbamates (subject to hydrolysis) is 1. The number of nitrogens with one attached hydrogen (secondary N) is 2. The van der Waals surface area contributed by atoms with Gasteiger partial charge in [-0.1, -0.05) is 33.4 Å². The topological polar surface area (TPSA) is 155 Å². The molecule has 1 aromatic rings. The van der Waals surface area contributed by atoms with Crippen LogP contribution in [-0.4, -0.2) is 78.0 Å². The second-order valence-corrected chi connectivity index (χ2v) is 13.0. The van der Waals surface area contributed by atoms with Crippen LogP contribution in [0.25, 0.3) is 5.03 Å². The number of rotatable bonds is 17. The molecular formula is C31H48N6O7S. The van der Waals surface area contributed by atoms with Crippen LogP contribution in [0.1, 0.15) is 78.5 Å². The van der Waals surface area contributed by atoms with Gasteiger partial charge in [-0.15, -0.1) is 22.8 Å². The van der Waals surface area contributed by atoms with E-state index in [-0.39, 0.29) is 38.0 Å². The van der Waals surface area contributed by atoms with Gasteiger partial charge in [-0.25, -0.2) is 9.59 Å². The summed E-state index contributed by atoms with van der Waals surface area (Å²) < 4.78 is 23.8. The quantitative estimate of drug-likeness (QED) is 0.0957. The van der Waals surface area contributed by atoms with Gasteiger partial charge in [-0.2, -0.15) is 0 Å². The van der Waals surface area contributed by atoms with Gasteiger partial charge in [-0.05, 0) is 58.2 Å². The molecule has 45 heavy (non-hydrogen) atoms. The number of thiol groups is 1. The summed E-state index contributed by atoms with van der Waals surface area (Å²) in [5.74, 6) is 1.17.